The highest BCUT2D eigenvalue weighted by atomic mass is 32.3. The molecule has 0 aliphatic carbocycles. The van der Waals surface area contributed by atoms with E-state index in [0.29, 0.717) is 0 Å². The Labute approximate surface area is 131 Å². The topological polar surface area (TPSA) is 202 Å². The molecule has 0 spiro atoms. The van der Waals surface area contributed by atoms with Gasteiger partial charge in [0.2, 0.25) is 0 Å². The van der Waals surface area contributed by atoms with E-state index in [1.165, 1.54) is 0 Å². The largest absolute Gasteiger partial charge is 0.396 e. The molecule has 0 aliphatic rings. The molecule has 136 valence electrons. The molecule has 4 atom stereocenters. The van der Waals surface area contributed by atoms with E-state index in [9.17, 15) is 14.4 Å². The quantitative estimate of drug-likeness (QED) is 0.176. The average molecular weight is 344 g/mol. The lowest BCUT2D eigenvalue weighted by atomic mass is 10.4. The van der Waals surface area contributed by atoms with E-state index in [1.807, 2.05) is 0 Å². The second-order valence-corrected chi connectivity index (χ2v) is 10.1. The lowest BCUT2D eigenvalue weighted by molar-refractivity contribution is 0.156. The highest BCUT2D eigenvalue weighted by molar-refractivity contribution is 8.21. The monoisotopic (exact) mass is 344 g/mol. The molecular formula is C12H32N4O5S. The van der Waals surface area contributed by atoms with Crippen LogP contribution in [-0.2, 0) is 9.07 Å². The second-order valence-electron chi connectivity index (χ2n) is 5.37. The van der Waals surface area contributed by atoms with Crippen molar-refractivity contribution in [3.05, 3.63) is 0 Å². The van der Waals surface area contributed by atoms with Crippen LogP contribution in [0, 0.1) is 0 Å². The van der Waals surface area contributed by atoms with Crippen molar-refractivity contribution in [2.45, 2.75) is 47.3 Å². The predicted molar refractivity (Wildman–Crippen MR) is 86.9 cm³/mol. The van der Waals surface area contributed by atoms with Gasteiger partial charge in [-0.1, -0.05) is 0 Å². The van der Waals surface area contributed by atoms with Crippen LogP contribution in [0.15, 0.2) is 0 Å². The highest BCUT2D eigenvalue weighted by Gasteiger charge is 2.58. The molecule has 4 unspecified atom stereocenters. The minimum absolute atomic E-state index is 0.0641. The van der Waals surface area contributed by atoms with Crippen molar-refractivity contribution in [1.29, 1.82) is 0 Å². The van der Waals surface area contributed by atoms with E-state index in [0.717, 1.165) is 0 Å². The maximum absolute atomic E-state index is 14.1. The Kier molecular flexibility index (Phi) is 9.13. The molecule has 0 aromatic rings. The van der Waals surface area contributed by atoms with Gasteiger partial charge >= 0.3 is 0 Å². The van der Waals surface area contributed by atoms with Crippen LogP contribution in [0.5, 0.6) is 0 Å². The van der Waals surface area contributed by atoms with Crippen LogP contribution in [-0.4, -0.2) is 72.6 Å². The van der Waals surface area contributed by atoms with Crippen LogP contribution in [0.4, 0.5) is 0 Å². The maximum atomic E-state index is 14.1. The smallest absolute Gasteiger partial charge is 0.116 e. The van der Waals surface area contributed by atoms with Crippen molar-refractivity contribution in [1.82, 2.24) is 0 Å². The van der Waals surface area contributed by atoms with E-state index < -0.39 is 43.9 Å². The van der Waals surface area contributed by atoms with Gasteiger partial charge in [0.05, 0.1) is 10.7 Å². The first kappa shape index (κ1) is 21.8. The standard InChI is InChI=1S/C12H32N4O5S/c13-5-1-9(15)22(21,10(16)2-6-14,11(19)3-7-17)12(20)4-8-18/h9-12,17-20H,1-8,13-16H2. The fourth-order valence-corrected chi connectivity index (χ4v) is 7.70. The molecular weight excluding hydrogens is 312 g/mol. The Morgan fingerprint density at radius 1 is 0.773 bits per heavy atom. The molecule has 0 bridgehead atoms. The van der Waals surface area contributed by atoms with Gasteiger partial charge < -0.3 is 43.4 Å². The molecule has 0 fully saturated rings. The summed E-state index contributed by atoms with van der Waals surface area (Å²) in [6.45, 7) is -0.732. The summed E-state index contributed by atoms with van der Waals surface area (Å²) in [4.78, 5) is 0. The van der Waals surface area contributed by atoms with Gasteiger partial charge in [0, 0.05) is 26.1 Å². The lowest BCUT2D eigenvalue weighted by Gasteiger charge is -2.56. The van der Waals surface area contributed by atoms with E-state index in [2.05, 4.69) is 0 Å². The summed E-state index contributed by atoms with van der Waals surface area (Å²) >= 11 is 0. The van der Waals surface area contributed by atoms with Gasteiger partial charge in [-0.3, -0.25) is 4.21 Å². The highest BCUT2D eigenvalue weighted by Crippen LogP contribution is 2.44. The van der Waals surface area contributed by atoms with Crippen LogP contribution in [0.1, 0.15) is 25.7 Å². The first-order chi connectivity index (χ1) is 10.3. The van der Waals surface area contributed by atoms with E-state index in [4.69, 9.17) is 33.1 Å². The van der Waals surface area contributed by atoms with Gasteiger partial charge in [-0.05, 0) is 35.0 Å². The maximum Gasteiger partial charge on any atom is 0.116 e. The molecule has 0 aromatic heterocycles. The Morgan fingerprint density at radius 3 is 1.32 bits per heavy atom. The average Bonchev–Trinajstić information content (AvgIpc) is 2.47. The zero-order valence-corrected chi connectivity index (χ0v) is 13.7. The number of nitrogens with two attached hydrogens (primary N) is 4. The molecule has 0 aromatic carbocycles. The molecule has 0 heterocycles. The Balaban J connectivity index is 6.18. The summed E-state index contributed by atoms with van der Waals surface area (Å²) in [6.07, 6.45) is -0.391. The third-order valence-electron chi connectivity index (χ3n) is 4.12. The SMILES string of the molecule is NCCC(N)S(=O)(C(N)CCN)(C(O)CCO)C(O)CCO. The Morgan fingerprint density at radius 2 is 1.09 bits per heavy atom. The third-order valence-corrected chi connectivity index (χ3v) is 9.98. The fraction of sp³-hybridized carbons (Fsp3) is 1.00. The molecule has 0 aliphatic heterocycles. The van der Waals surface area contributed by atoms with Gasteiger partial charge in [-0.25, -0.2) is 0 Å². The van der Waals surface area contributed by atoms with Crippen molar-refractivity contribution < 1.29 is 24.6 Å². The molecule has 0 radical (unpaired) electrons. The van der Waals surface area contributed by atoms with E-state index in [1.54, 1.807) is 0 Å². The number of aliphatic hydroxyl groups is 4. The van der Waals surface area contributed by atoms with Gasteiger partial charge in [-0.15, -0.1) is 0 Å². The third kappa shape index (κ3) is 3.66. The number of hydrogen-bond donors (Lipinski definition) is 8. The molecule has 10 heteroatoms. The molecule has 0 saturated heterocycles. The zero-order valence-electron chi connectivity index (χ0n) is 12.9. The van der Waals surface area contributed by atoms with Crippen molar-refractivity contribution in [3.63, 3.8) is 0 Å². The predicted octanol–water partition coefficient (Wildman–Crippen LogP) is -3.52. The van der Waals surface area contributed by atoms with Crippen molar-refractivity contribution >= 4 is 9.07 Å². The number of aliphatic hydroxyl groups excluding tert-OH is 4. The van der Waals surface area contributed by atoms with Gasteiger partial charge in [0.25, 0.3) is 0 Å². The minimum atomic E-state index is -4.54. The molecule has 0 saturated carbocycles. The summed E-state index contributed by atoms with van der Waals surface area (Å²) in [5.41, 5.74) is 19.8. The van der Waals surface area contributed by atoms with Gasteiger partial charge in [-0.2, -0.15) is 0 Å². The van der Waals surface area contributed by atoms with Crippen LogP contribution < -0.4 is 22.9 Å². The van der Waals surface area contributed by atoms with Crippen LogP contribution >= 0.6 is 0 Å². The summed E-state index contributed by atoms with van der Waals surface area (Å²) in [7, 11) is -4.54. The molecule has 22 heavy (non-hydrogen) atoms. The summed E-state index contributed by atoms with van der Waals surface area (Å²) in [6, 6.07) is 0. The summed E-state index contributed by atoms with van der Waals surface area (Å²) in [5.74, 6) is 0. The second kappa shape index (κ2) is 9.21. The van der Waals surface area contributed by atoms with E-state index in [-0.39, 0.29) is 38.8 Å². The zero-order chi connectivity index (χ0) is 17.4. The molecule has 9 nitrogen and oxygen atoms in total. The van der Waals surface area contributed by atoms with Gasteiger partial charge in [0.15, 0.2) is 0 Å². The van der Waals surface area contributed by atoms with Crippen LogP contribution in [0.2, 0.25) is 0 Å². The normalized spacial score (nSPS) is 19.9. The molecule has 0 rings (SSSR count). The molecule has 0 amide bonds. The number of hydrogen-bond acceptors (Lipinski definition) is 9. The van der Waals surface area contributed by atoms with Crippen molar-refractivity contribution in [2.75, 3.05) is 26.3 Å². The lowest BCUT2D eigenvalue weighted by Crippen LogP contribution is -2.72. The first-order valence-electron chi connectivity index (χ1n) is 7.37. The summed E-state index contributed by atoms with van der Waals surface area (Å²) in [5, 5.41) is 36.9. The van der Waals surface area contributed by atoms with E-state index >= 15 is 0 Å². The van der Waals surface area contributed by atoms with Gasteiger partial charge in [0.1, 0.15) is 10.9 Å². The number of rotatable bonds is 12. The Bertz CT molecular complexity index is 315. The Hall–Kier alpha value is -0.170. The molecule has 12 N–H and O–H groups in total. The van der Waals surface area contributed by atoms with Crippen LogP contribution in [0.3, 0.4) is 0 Å². The summed E-state index contributed by atoms with van der Waals surface area (Å²) < 4.78 is 14.1. The van der Waals surface area contributed by atoms with Crippen molar-refractivity contribution in [3.8, 4) is 0 Å². The minimum Gasteiger partial charge on any atom is -0.396 e. The van der Waals surface area contributed by atoms with Crippen molar-refractivity contribution in [2.24, 2.45) is 22.9 Å². The fourth-order valence-electron chi connectivity index (χ4n) is 2.77. The first-order valence-corrected chi connectivity index (χ1v) is 9.59. The van der Waals surface area contributed by atoms with Crippen LogP contribution in [0.25, 0.3) is 0 Å².